The summed E-state index contributed by atoms with van der Waals surface area (Å²) in [6.45, 7) is 8.17. The van der Waals surface area contributed by atoms with Crippen LogP contribution in [0.3, 0.4) is 0 Å². The molecule has 0 atom stereocenters. The average Bonchev–Trinajstić information content (AvgIpc) is 1.27. The number of hydrogen-bond donors (Lipinski definition) is 0. The Morgan fingerprint density at radius 3 is 1.14 bits per heavy atom. The molecule has 0 saturated carbocycles. The van der Waals surface area contributed by atoms with Crippen LogP contribution < -0.4 is 0 Å². The molecule has 0 aliphatic rings. The van der Waals surface area contributed by atoms with Gasteiger partial charge in [0.05, 0.1) is 12.2 Å². The van der Waals surface area contributed by atoms with Crippen LogP contribution in [0, 0.1) is 0 Å². The lowest BCUT2D eigenvalue weighted by Gasteiger charge is -2.09. The van der Waals surface area contributed by atoms with Crippen LogP contribution >= 0.6 is 0 Å². The van der Waals surface area contributed by atoms with E-state index in [4.69, 9.17) is 4.74 Å². The Morgan fingerprint density at radius 1 is 0.857 bits per heavy atom. The summed E-state index contributed by atoms with van der Waals surface area (Å²) >= 11 is 0. The zero-order valence-electron chi connectivity index (χ0n) is 5.56. The van der Waals surface area contributed by atoms with Gasteiger partial charge >= 0.3 is 0 Å². The van der Waals surface area contributed by atoms with E-state index in [1.807, 2.05) is 27.7 Å². The lowest BCUT2D eigenvalue weighted by Crippen LogP contribution is -2.09. The molecule has 44 valence electrons. The summed E-state index contributed by atoms with van der Waals surface area (Å²) in [4.78, 5) is 0. The molecule has 7 heavy (non-hydrogen) atoms. The molecule has 0 unspecified atom stereocenters. The fourth-order valence-electron chi connectivity index (χ4n) is 0.544. The third-order valence-corrected chi connectivity index (χ3v) is 0.544. The summed E-state index contributed by atoms with van der Waals surface area (Å²) < 4.78 is 5.25. The van der Waals surface area contributed by atoms with E-state index in [0.717, 1.165) is 0 Å². The quantitative estimate of drug-likeness (QED) is 0.484. The predicted octanol–water partition coefficient (Wildman–Crippen LogP) is 1.82. The Hall–Kier alpha value is -0.0400. The molecule has 0 heterocycles. The fourth-order valence-corrected chi connectivity index (χ4v) is 0.544. The molecule has 0 aromatic rings. The van der Waals surface area contributed by atoms with E-state index in [2.05, 4.69) is 0 Å². The van der Waals surface area contributed by atoms with Crippen molar-refractivity contribution in [3.8, 4) is 0 Å². The third-order valence-electron chi connectivity index (χ3n) is 0.544. The molecule has 0 N–H and O–H groups in total. The van der Waals surface area contributed by atoms with Gasteiger partial charge in [-0.05, 0) is 27.7 Å². The van der Waals surface area contributed by atoms with Crippen molar-refractivity contribution in [1.82, 2.24) is 0 Å². The topological polar surface area (TPSA) is 9.23 Å². The van der Waals surface area contributed by atoms with Crippen LogP contribution in [0.4, 0.5) is 0 Å². The molecule has 0 radical (unpaired) electrons. The van der Waals surface area contributed by atoms with Gasteiger partial charge in [0.1, 0.15) is 0 Å². The van der Waals surface area contributed by atoms with Crippen molar-refractivity contribution in [2.75, 3.05) is 0 Å². The van der Waals surface area contributed by atoms with Gasteiger partial charge in [-0.25, -0.2) is 0 Å². The van der Waals surface area contributed by atoms with Crippen LogP contribution in [0.1, 0.15) is 27.7 Å². The largest absolute Gasteiger partial charge is 0.376 e. The Balaban J connectivity index is 2.95. The molecule has 0 saturated heterocycles. The molecule has 0 fully saturated rings. The molecule has 0 spiro atoms. The zero-order chi connectivity index (χ0) is 5.86. The maximum atomic E-state index is 5.25. The van der Waals surface area contributed by atoms with Crippen molar-refractivity contribution >= 4 is 0 Å². The van der Waals surface area contributed by atoms with Crippen molar-refractivity contribution < 1.29 is 4.74 Å². The van der Waals surface area contributed by atoms with Gasteiger partial charge in [0, 0.05) is 0 Å². The lowest BCUT2D eigenvalue weighted by molar-refractivity contribution is 0.0300. The SMILES string of the molecule is CC(C)O[13CH](C)C. The van der Waals surface area contributed by atoms with Gasteiger partial charge < -0.3 is 4.74 Å². The molecule has 1 nitrogen and oxygen atoms in total. The summed E-state index contributed by atoms with van der Waals surface area (Å²) in [5, 5.41) is 0. The van der Waals surface area contributed by atoms with Gasteiger partial charge in [-0.2, -0.15) is 0 Å². The first-order valence-electron chi connectivity index (χ1n) is 2.78. The molecule has 0 aromatic heterocycles. The smallest absolute Gasteiger partial charge is 0.0522 e. The highest BCUT2D eigenvalue weighted by Crippen LogP contribution is 1.93. The summed E-state index contributed by atoms with van der Waals surface area (Å²) in [6, 6.07) is 0. The van der Waals surface area contributed by atoms with E-state index in [0.29, 0.717) is 12.2 Å². The van der Waals surface area contributed by atoms with Gasteiger partial charge in [0.25, 0.3) is 0 Å². The van der Waals surface area contributed by atoms with Crippen molar-refractivity contribution in [1.29, 1.82) is 0 Å². The van der Waals surface area contributed by atoms with Gasteiger partial charge in [-0.15, -0.1) is 0 Å². The van der Waals surface area contributed by atoms with Crippen molar-refractivity contribution in [2.45, 2.75) is 39.9 Å². The Bertz CT molecular complexity index is 33.4. The third kappa shape index (κ3) is 5.96. The minimum Gasteiger partial charge on any atom is -0.376 e. The molecule has 0 aromatic carbocycles. The average molecular weight is 103 g/mol. The van der Waals surface area contributed by atoms with Crippen molar-refractivity contribution in [3.63, 3.8) is 0 Å². The first-order valence-corrected chi connectivity index (χ1v) is 2.78. The minimum atomic E-state index is 0.375. The highest BCUT2D eigenvalue weighted by atomic mass is 16.6. The highest BCUT2D eigenvalue weighted by molar-refractivity contribution is 4.40. The van der Waals surface area contributed by atoms with Gasteiger partial charge in [-0.3, -0.25) is 0 Å². The maximum Gasteiger partial charge on any atom is 0.0522 e. The molecule has 1 heteroatoms. The monoisotopic (exact) mass is 103 g/mol. The van der Waals surface area contributed by atoms with Gasteiger partial charge in [-0.1, -0.05) is 0 Å². The Kier molecular flexibility index (Phi) is 3.01. The van der Waals surface area contributed by atoms with Gasteiger partial charge in [0.15, 0.2) is 0 Å². The number of rotatable bonds is 2. The molecule has 0 rings (SSSR count). The van der Waals surface area contributed by atoms with E-state index >= 15 is 0 Å². The summed E-state index contributed by atoms with van der Waals surface area (Å²) in [5.74, 6) is 0. The standard InChI is InChI=1S/C6H14O/c1-5(2)7-6(3)4/h5-6H,1-4H3/i5+1. The lowest BCUT2D eigenvalue weighted by atomic mass is 10.5. The second kappa shape index (κ2) is 3.03. The van der Waals surface area contributed by atoms with E-state index in [9.17, 15) is 0 Å². The predicted molar refractivity (Wildman–Crippen MR) is 31.4 cm³/mol. The van der Waals surface area contributed by atoms with E-state index in [-0.39, 0.29) is 0 Å². The zero-order valence-corrected chi connectivity index (χ0v) is 5.56. The van der Waals surface area contributed by atoms with Crippen LogP contribution in [0.25, 0.3) is 0 Å². The second-order valence-electron chi connectivity index (χ2n) is 2.23. The molecule has 0 amide bonds. The van der Waals surface area contributed by atoms with Gasteiger partial charge in [0.2, 0.25) is 0 Å². The van der Waals surface area contributed by atoms with E-state index in [1.54, 1.807) is 0 Å². The summed E-state index contributed by atoms with van der Waals surface area (Å²) in [7, 11) is 0. The van der Waals surface area contributed by atoms with Crippen LogP contribution in [-0.4, -0.2) is 12.2 Å². The maximum absolute atomic E-state index is 5.25. The molecular formula is C6H14O. The highest BCUT2D eigenvalue weighted by Gasteiger charge is 1.94. The molecular weight excluding hydrogens is 89.1 g/mol. The summed E-state index contributed by atoms with van der Waals surface area (Å²) in [5.41, 5.74) is 0. The summed E-state index contributed by atoms with van der Waals surface area (Å²) in [6.07, 6.45) is 0.750. The number of hydrogen-bond acceptors (Lipinski definition) is 1. The number of ether oxygens (including phenoxy) is 1. The molecule has 0 bridgehead atoms. The minimum absolute atomic E-state index is 0.375. The van der Waals surface area contributed by atoms with Crippen LogP contribution in [0.5, 0.6) is 0 Å². The Morgan fingerprint density at radius 2 is 1.14 bits per heavy atom. The molecule has 0 aliphatic heterocycles. The fraction of sp³-hybridized carbons (Fsp3) is 1.00. The van der Waals surface area contributed by atoms with Crippen LogP contribution in [0.15, 0.2) is 0 Å². The molecule has 0 aliphatic carbocycles. The van der Waals surface area contributed by atoms with Crippen LogP contribution in [-0.2, 0) is 4.74 Å². The Labute approximate surface area is 45.7 Å². The first-order chi connectivity index (χ1) is 3.13. The first kappa shape index (κ1) is 6.96. The second-order valence-corrected chi connectivity index (χ2v) is 2.23. The van der Waals surface area contributed by atoms with E-state index in [1.165, 1.54) is 0 Å². The van der Waals surface area contributed by atoms with Crippen LogP contribution in [0.2, 0.25) is 0 Å². The normalized spacial score (nSPS) is 11.1. The van der Waals surface area contributed by atoms with Crippen molar-refractivity contribution in [2.24, 2.45) is 0 Å². The van der Waals surface area contributed by atoms with E-state index < -0.39 is 0 Å². The van der Waals surface area contributed by atoms with Crippen molar-refractivity contribution in [3.05, 3.63) is 0 Å².